The number of β-amino-alcohol motifs (C(OH)–C–C–N with tert-alkyl or cyclic N) is 1. The fourth-order valence-corrected chi connectivity index (χ4v) is 5.39. The molecular weight excluding hydrogens is 384 g/mol. The van der Waals surface area contributed by atoms with E-state index in [9.17, 15) is 5.11 Å². The molecule has 1 aromatic carbocycles. The second-order valence-corrected chi connectivity index (χ2v) is 9.73. The lowest BCUT2D eigenvalue weighted by Crippen LogP contribution is -2.48. The van der Waals surface area contributed by atoms with Crippen LogP contribution in [0.1, 0.15) is 80.6 Å². The minimum absolute atomic E-state index is 0.0294. The molecule has 3 atom stereocenters. The van der Waals surface area contributed by atoms with Crippen molar-refractivity contribution in [2.75, 3.05) is 13.1 Å². The summed E-state index contributed by atoms with van der Waals surface area (Å²) in [5, 5.41) is 20.6. The molecule has 1 aromatic heterocycles. The lowest BCUT2D eigenvalue weighted by atomic mass is 9.85. The van der Waals surface area contributed by atoms with Crippen LogP contribution >= 0.6 is 11.6 Å². The van der Waals surface area contributed by atoms with Crippen LogP contribution in [0, 0.1) is 5.92 Å². The zero-order chi connectivity index (χ0) is 19.8. The average Bonchev–Trinajstić information content (AvgIpc) is 3.47. The molecule has 2 heterocycles. The molecule has 0 spiro atoms. The van der Waals surface area contributed by atoms with Gasteiger partial charge in [-0.3, -0.25) is 4.90 Å². The van der Waals surface area contributed by atoms with Crippen LogP contribution in [-0.4, -0.2) is 44.2 Å². The zero-order valence-electron chi connectivity index (χ0n) is 17.0. The van der Waals surface area contributed by atoms with E-state index in [1.165, 1.54) is 50.5 Å². The van der Waals surface area contributed by atoms with Gasteiger partial charge in [0.25, 0.3) is 0 Å². The van der Waals surface area contributed by atoms with Gasteiger partial charge < -0.3 is 5.11 Å². The van der Waals surface area contributed by atoms with Crippen LogP contribution in [0.15, 0.2) is 30.5 Å². The van der Waals surface area contributed by atoms with E-state index >= 15 is 0 Å². The molecule has 29 heavy (non-hydrogen) atoms. The smallest absolute Gasteiger partial charge is 0.0892 e. The largest absolute Gasteiger partial charge is 0.390 e. The lowest BCUT2D eigenvalue weighted by Gasteiger charge is -2.44. The Hall–Kier alpha value is -1.43. The summed E-state index contributed by atoms with van der Waals surface area (Å²) < 4.78 is 1.93. The average molecular weight is 415 g/mol. The standard InChI is InChI=1S/C23H31ClN4O/c24-19-10-8-18(9-11-19)21-12-22(28-14-20(25-26-28)17-6-7-17)23(29)15-27(21)13-16-4-2-1-3-5-16/h8-11,14,16-17,21-23,29H,1-7,12-13,15H2/t21-,22+,23+/m1/s1. The van der Waals surface area contributed by atoms with Gasteiger partial charge in [0.1, 0.15) is 0 Å². The molecule has 6 heteroatoms. The predicted molar refractivity (Wildman–Crippen MR) is 114 cm³/mol. The fraction of sp³-hybridized carbons (Fsp3) is 0.652. The van der Waals surface area contributed by atoms with Gasteiger partial charge in [-0.1, -0.05) is 48.2 Å². The number of likely N-dealkylation sites (tertiary alicyclic amines) is 1. The molecule has 1 N–H and O–H groups in total. The summed E-state index contributed by atoms with van der Waals surface area (Å²) in [6.07, 6.45) is 11.6. The van der Waals surface area contributed by atoms with Gasteiger partial charge in [0.2, 0.25) is 0 Å². The maximum Gasteiger partial charge on any atom is 0.0892 e. The van der Waals surface area contributed by atoms with Crippen LogP contribution < -0.4 is 0 Å². The molecule has 1 saturated heterocycles. The SMILES string of the molecule is O[C@H]1CN(CC2CCCCC2)[C@@H](c2ccc(Cl)cc2)C[C@@H]1n1cc(C2CC2)nn1. The van der Waals surface area contributed by atoms with Crippen LogP contribution in [0.3, 0.4) is 0 Å². The Labute approximate surface area is 178 Å². The number of piperidine rings is 1. The van der Waals surface area contributed by atoms with Crippen molar-refractivity contribution in [3.63, 3.8) is 0 Å². The first kappa shape index (κ1) is 19.5. The van der Waals surface area contributed by atoms with Crippen LogP contribution in [0.25, 0.3) is 0 Å². The van der Waals surface area contributed by atoms with Crippen LogP contribution in [-0.2, 0) is 0 Å². The highest BCUT2D eigenvalue weighted by Gasteiger charge is 2.38. The van der Waals surface area contributed by atoms with Crippen LogP contribution in [0.2, 0.25) is 5.02 Å². The minimum atomic E-state index is -0.420. The second kappa shape index (κ2) is 8.37. The van der Waals surface area contributed by atoms with Crippen molar-refractivity contribution in [1.29, 1.82) is 0 Å². The Morgan fingerprint density at radius 1 is 1.03 bits per heavy atom. The number of nitrogens with zero attached hydrogens (tertiary/aromatic N) is 4. The highest BCUT2D eigenvalue weighted by atomic mass is 35.5. The van der Waals surface area contributed by atoms with Gasteiger partial charge in [-0.25, -0.2) is 4.68 Å². The summed E-state index contributed by atoms with van der Waals surface area (Å²) in [6.45, 7) is 1.76. The Kier molecular flexibility index (Phi) is 5.63. The third-order valence-corrected chi connectivity index (χ3v) is 7.36. The molecule has 0 bridgehead atoms. The Morgan fingerprint density at radius 3 is 2.52 bits per heavy atom. The molecule has 156 valence electrons. The Balaban J connectivity index is 1.38. The van der Waals surface area contributed by atoms with Crippen LogP contribution in [0.4, 0.5) is 0 Å². The minimum Gasteiger partial charge on any atom is -0.390 e. The van der Waals surface area contributed by atoms with Crippen LogP contribution in [0.5, 0.6) is 0 Å². The maximum atomic E-state index is 11.0. The van der Waals surface area contributed by atoms with Gasteiger partial charge >= 0.3 is 0 Å². The maximum absolute atomic E-state index is 11.0. The monoisotopic (exact) mass is 414 g/mol. The van der Waals surface area contributed by atoms with E-state index < -0.39 is 6.10 Å². The molecule has 2 aliphatic carbocycles. The van der Waals surface area contributed by atoms with Crippen molar-refractivity contribution in [3.05, 3.63) is 46.7 Å². The van der Waals surface area contributed by atoms with Gasteiger partial charge in [-0.15, -0.1) is 5.10 Å². The molecule has 1 aliphatic heterocycles. The molecule has 5 nitrogen and oxygen atoms in total. The van der Waals surface area contributed by atoms with E-state index in [4.69, 9.17) is 11.6 Å². The van der Waals surface area contributed by atoms with E-state index in [0.29, 0.717) is 12.5 Å². The van der Waals surface area contributed by atoms with E-state index in [0.717, 1.165) is 29.6 Å². The highest BCUT2D eigenvalue weighted by Crippen LogP contribution is 2.41. The number of aliphatic hydroxyl groups excluding tert-OH is 1. The van der Waals surface area contributed by atoms with Gasteiger partial charge in [0.05, 0.1) is 17.8 Å². The topological polar surface area (TPSA) is 54.2 Å². The molecular formula is C23H31ClN4O. The highest BCUT2D eigenvalue weighted by molar-refractivity contribution is 6.30. The summed E-state index contributed by atoms with van der Waals surface area (Å²) >= 11 is 6.15. The van der Waals surface area contributed by atoms with E-state index in [1.807, 2.05) is 16.8 Å². The van der Waals surface area contributed by atoms with Crippen molar-refractivity contribution >= 4 is 11.6 Å². The third-order valence-electron chi connectivity index (χ3n) is 7.11. The first-order chi connectivity index (χ1) is 14.2. The first-order valence-corrected chi connectivity index (χ1v) is 11.6. The molecule has 0 radical (unpaired) electrons. The van der Waals surface area contributed by atoms with Crippen molar-refractivity contribution in [2.24, 2.45) is 5.92 Å². The lowest BCUT2D eigenvalue weighted by molar-refractivity contribution is -0.0181. The van der Waals surface area contributed by atoms with E-state index in [-0.39, 0.29) is 12.1 Å². The van der Waals surface area contributed by atoms with E-state index in [2.05, 4.69) is 33.5 Å². The van der Waals surface area contributed by atoms with Gasteiger partial charge in [0, 0.05) is 36.3 Å². The summed E-state index contributed by atoms with van der Waals surface area (Å²) in [4.78, 5) is 2.51. The normalized spacial score (nSPS) is 29.2. The number of aliphatic hydroxyl groups is 1. The molecule has 3 fully saturated rings. The number of hydrogen-bond acceptors (Lipinski definition) is 4. The van der Waals surface area contributed by atoms with E-state index in [1.54, 1.807) is 0 Å². The van der Waals surface area contributed by atoms with Gasteiger partial charge in [-0.2, -0.15) is 0 Å². The molecule has 2 aromatic rings. The van der Waals surface area contributed by atoms with Crippen molar-refractivity contribution < 1.29 is 5.11 Å². The van der Waals surface area contributed by atoms with Gasteiger partial charge in [0.15, 0.2) is 0 Å². The predicted octanol–water partition coefficient (Wildman–Crippen LogP) is 4.74. The second-order valence-electron chi connectivity index (χ2n) is 9.29. The summed E-state index contributed by atoms with van der Waals surface area (Å²) in [7, 11) is 0. The quantitative estimate of drug-likeness (QED) is 0.767. The summed E-state index contributed by atoms with van der Waals surface area (Å²) in [6, 6.07) is 8.50. The zero-order valence-corrected chi connectivity index (χ0v) is 17.7. The third kappa shape index (κ3) is 4.37. The fourth-order valence-electron chi connectivity index (χ4n) is 5.26. The van der Waals surface area contributed by atoms with Crippen molar-refractivity contribution in [2.45, 2.75) is 75.5 Å². The van der Waals surface area contributed by atoms with Crippen molar-refractivity contribution in [1.82, 2.24) is 19.9 Å². The number of rotatable bonds is 5. The molecule has 0 amide bonds. The Bertz CT molecular complexity index is 813. The summed E-state index contributed by atoms with van der Waals surface area (Å²) in [5.74, 6) is 1.33. The number of hydrogen-bond donors (Lipinski definition) is 1. The van der Waals surface area contributed by atoms with Crippen molar-refractivity contribution in [3.8, 4) is 0 Å². The van der Waals surface area contributed by atoms with Gasteiger partial charge in [-0.05, 0) is 55.7 Å². The molecule has 0 unspecified atom stereocenters. The first-order valence-electron chi connectivity index (χ1n) is 11.3. The summed E-state index contributed by atoms with van der Waals surface area (Å²) in [5.41, 5.74) is 2.37. The number of halogens is 1. The number of benzene rings is 1. The molecule has 2 saturated carbocycles. The number of aromatic nitrogens is 3. The molecule has 5 rings (SSSR count). The molecule has 3 aliphatic rings. The Morgan fingerprint density at radius 2 is 1.79 bits per heavy atom.